The monoisotopic (exact) mass is 252 g/mol. The Bertz CT molecular complexity index is 420. The van der Waals surface area contributed by atoms with Crippen molar-refractivity contribution in [2.45, 2.75) is 33.1 Å². The molecule has 18 heavy (non-hydrogen) atoms. The molecule has 0 bridgehead atoms. The number of nitrogens with zero attached hydrogens (tertiary/aromatic N) is 1. The maximum absolute atomic E-state index is 12.2. The SMILES string of the molecule is Cc1noc(C(C)C)c1C(=O)NC[C@@H]1CCOC1. The van der Waals surface area contributed by atoms with Crippen molar-refractivity contribution in [2.75, 3.05) is 19.8 Å². The van der Waals surface area contributed by atoms with Crippen LogP contribution < -0.4 is 5.32 Å². The fourth-order valence-electron chi connectivity index (χ4n) is 2.13. The maximum Gasteiger partial charge on any atom is 0.256 e. The van der Waals surface area contributed by atoms with Gasteiger partial charge < -0.3 is 14.6 Å². The summed E-state index contributed by atoms with van der Waals surface area (Å²) >= 11 is 0. The van der Waals surface area contributed by atoms with Gasteiger partial charge in [-0.05, 0) is 13.3 Å². The smallest absolute Gasteiger partial charge is 0.256 e. The molecule has 5 heteroatoms. The number of hydrogen-bond donors (Lipinski definition) is 1. The lowest BCUT2D eigenvalue weighted by atomic mass is 10.0. The third-order valence-corrected chi connectivity index (χ3v) is 3.22. The highest BCUT2D eigenvalue weighted by Gasteiger charge is 2.23. The third-order valence-electron chi connectivity index (χ3n) is 3.22. The second-order valence-electron chi connectivity index (χ2n) is 5.10. The molecule has 1 aliphatic heterocycles. The van der Waals surface area contributed by atoms with E-state index in [4.69, 9.17) is 9.26 Å². The molecule has 1 saturated heterocycles. The Morgan fingerprint density at radius 1 is 1.56 bits per heavy atom. The first-order valence-electron chi connectivity index (χ1n) is 6.41. The number of amides is 1. The molecule has 5 nitrogen and oxygen atoms in total. The molecule has 0 radical (unpaired) electrons. The van der Waals surface area contributed by atoms with E-state index in [2.05, 4.69) is 10.5 Å². The lowest BCUT2D eigenvalue weighted by molar-refractivity contribution is 0.0942. The van der Waals surface area contributed by atoms with Crippen LogP contribution >= 0.6 is 0 Å². The Labute approximate surface area is 107 Å². The Balaban J connectivity index is 2.01. The molecule has 0 saturated carbocycles. The molecule has 1 aliphatic rings. The highest BCUT2D eigenvalue weighted by molar-refractivity contribution is 5.96. The predicted octanol–water partition coefficient (Wildman–Crippen LogP) is 1.87. The molecule has 1 atom stereocenters. The molecular weight excluding hydrogens is 232 g/mol. The van der Waals surface area contributed by atoms with Gasteiger partial charge >= 0.3 is 0 Å². The highest BCUT2D eigenvalue weighted by Crippen LogP contribution is 2.22. The molecule has 1 N–H and O–H groups in total. The van der Waals surface area contributed by atoms with Crippen LogP contribution in [0, 0.1) is 12.8 Å². The van der Waals surface area contributed by atoms with Crippen molar-refractivity contribution in [1.29, 1.82) is 0 Å². The van der Waals surface area contributed by atoms with E-state index in [-0.39, 0.29) is 11.8 Å². The van der Waals surface area contributed by atoms with Crippen LogP contribution in [0.3, 0.4) is 0 Å². The summed E-state index contributed by atoms with van der Waals surface area (Å²) in [5, 5.41) is 6.82. The minimum Gasteiger partial charge on any atom is -0.381 e. The molecule has 2 rings (SSSR count). The van der Waals surface area contributed by atoms with E-state index >= 15 is 0 Å². The van der Waals surface area contributed by atoms with Crippen LogP contribution in [-0.2, 0) is 4.74 Å². The van der Waals surface area contributed by atoms with Crippen LogP contribution in [0.5, 0.6) is 0 Å². The Hall–Kier alpha value is -1.36. The molecule has 0 aliphatic carbocycles. The predicted molar refractivity (Wildman–Crippen MR) is 66.6 cm³/mol. The summed E-state index contributed by atoms with van der Waals surface area (Å²) in [6.45, 7) is 7.96. The summed E-state index contributed by atoms with van der Waals surface area (Å²) in [6, 6.07) is 0. The quantitative estimate of drug-likeness (QED) is 0.888. The van der Waals surface area contributed by atoms with E-state index in [1.807, 2.05) is 13.8 Å². The molecule has 1 aromatic heterocycles. The first kappa shape index (κ1) is 13.1. The molecule has 100 valence electrons. The number of aromatic nitrogens is 1. The zero-order valence-corrected chi connectivity index (χ0v) is 11.2. The Morgan fingerprint density at radius 2 is 2.33 bits per heavy atom. The van der Waals surface area contributed by atoms with E-state index in [0.717, 1.165) is 19.6 Å². The van der Waals surface area contributed by atoms with Crippen LogP contribution in [0.1, 0.15) is 48.0 Å². The first-order chi connectivity index (χ1) is 8.59. The van der Waals surface area contributed by atoms with E-state index in [0.29, 0.717) is 29.5 Å². The zero-order chi connectivity index (χ0) is 13.1. The van der Waals surface area contributed by atoms with Crippen molar-refractivity contribution in [3.05, 3.63) is 17.0 Å². The molecule has 1 amide bonds. The number of rotatable bonds is 4. The molecular formula is C13H20N2O3. The number of carbonyl (C=O) groups excluding carboxylic acids is 1. The molecule has 1 aromatic rings. The van der Waals surface area contributed by atoms with Gasteiger partial charge in [-0.15, -0.1) is 0 Å². The second-order valence-corrected chi connectivity index (χ2v) is 5.10. The molecule has 1 fully saturated rings. The molecule has 0 aromatic carbocycles. The lowest BCUT2D eigenvalue weighted by Crippen LogP contribution is -2.30. The number of aryl methyl sites for hydroxylation is 1. The summed E-state index contributed by atoms with van der Waals surface area (Å²) in [7, 11) is 0. The molecule has 0 spiro atoms. The van der Waals surface area contributed by atoms with Gasteiger partial charge in [0.05, 0.1) is 12.3 Å². The van der Waals surface area contributed by atoms with Crippen molar-refractivity contribution in [1.82, 2.24) is 10.5 Å². The van der Waals surface area contributed by atoms with Crippen molar-refractivity contribution < 1.29 is 14.1 Å². The van der Waals surface area contributed by atoms with Crippen LogP contribution in [-0.4, -0.2) is 30.8 Å². The standard InChI is InChI=1S/C13H20N2O3/c1-8(2)12-11(9(3)15-18-12)13(16)14-6-10-4-5-17-7-10/h8,10H,4-7H2,1-3H3,(H,14,16)/t10-/m0/s1. The fourth-order valence-corrected chi connectivity index (χ4v) is 2.13. The first-order valence-corrected chi connectivity index (χ1v) is 6.41. The van der Waals surface area contributed by atoms with Gasteiger partial charge in [0, 0.05) is 25.0 Å². The van der Waals surface area contributed by atoms with Gasteiger partial charge in [0.1, 0.15) is 5.56 Å². The number of ether oxygens (including phenoxy) is 1. The largest absolute Gasteiger partial charge is 0.381 e. The summed E-state index contributed by atoms with van der Waals surface area (Å²) < 4.78 is 10.5. The summed E-state index contributed by atoms with van der Waals surface area (Å²) in [4.78, 5) is 12.2. The van der Waals surface area contributed by atoms with Crippen molar-refractivity contribution >= 4 is 5.91 Å². The van der Waals surface area contributed by atoms with Gasteiger partial charge in [-0.1, -0.05) is 19.0 Å². The van der Waals surface area contributed by atoms with Crippen LogP contribution in [0.2, 0.25) is 0 Å². The topological polar surface area (TPSA) is 64.4 Å². The number of hydrogen-bond acceptors (Lipinski definition) is 4. The average molecular weight is 252 g/mol. The van der Waals surface area contributed by atoms with Crippen molar-refractivity contribution in [3.63, 3.8) is 0 Å². The third kappa shape index (κ3) is 2.72. The van der Waals surface area contributed by atoms with Crippen molar-refractivity contribution in [2.24, 2.45) is 5.92 Å². The summed E-state index contributed by atoms with van der Waals surface area (Å²) in [5.74, 6) is 1.15. The van der Waals surface area contributed by atoms with E-state index in [1.54, 1.807) is 6.92 Å². The Kier molecular flexibility index (Phi) is 4.01. The van der Waals surface area contributed by atoms with Gasteiger partial charge in [0.25, 0.3) is 5.91 Å². The van der Waals surface area contributed by atoms with Crippen LogP contribution in [0.25, 0.3) is 0 Å². The minimum absolute atomic E-state index is 0.0932. The average Bonchev–Trinajstić information content (AvgIpc) is 2.94. The molecule has 2 heterocycles. The van der Waals surface area contributed by atoms with Gasteiger partial charge in [-0.2, -0.15) is 0 Å². The van der Waals surface area contributed by atoms with Gasteiger partial charge in [-0.3, -0.25) is 4.79 Å². The van der Waals surface area contributed by atoms with Gasteiger partial charge in [0.15, 0.2) is 5.76 Å². The van der Waals surface area contributed by atoms with E-state index < -0.39 is 0 Å². The fraction of sp³-hybridized carbons (Fsp3) is 0.692. The lowest BCUT2D eigenvalue weighted by Gasteiger charge is -2.10. The van der Waals surface area contributed by atoms with Crippen molar-refractivity contribution in [3.8, 4) is 0 Å². The number of carbonyl (C=O) groups is 1. The van der Waals surface area contributed by atoms with Gasteiger partial charge in [0.2, 0.25) is 0 Å². The van der Waals surface area contributed by atoms with Crippen LogP contribution in [0.4, 0.5) is 0 Å². The summed E-state index contributed by atoms with van der Waals surface area (Å²) in [6.07, 6.45) is 1.01. The molecule has 0 unspecified atom stereocenters. The number of nitrogens with one attached hydrogen (secondary N) is 1. The normalized spacial score (nSPS) is 19.4. The van der Waals surface area contributed by atoms with Crippen LogP contribution in [0.15, 0.2) is 4.52 Å². The highest BCUT2D eigenvalue weighted by atomic mass is 16.5. The minimum atomic E-state index is -0.0932. The Morgan fingerprint density at radius 3 is 2.94 bits per heavy atom. The van der Waals surface area contributed by atoms with E-state index in [9.17, 15) is 4.79 Å². The zero-order valence-electron chi connectivity index (χ0n) is 11.2. The second kappa shape index (κ2) is 5.52. The summed E-state index contributed by atoms with van der Waals surface area (Å²) in [5.41, 5.74) is 1.24. The van der Waals surface area contributed by atoms with E-state index in [1.165, 1.54) is 0 Å². The maximum atomic E-state index is 12.2. The van der Waals surface area contributed by atoms with Gasteiger partial charge in [-0.25, -0.2) is 0 Å².